The molecule has 3 aromatic rings. The molecule has 0 aliphatic rings. The molecule has 0 radical (unpaired) electrons. The van der Waals surface area contributed by atoms with E-state index in [1.165, 1.54) is 4.68 Å². The molecule has 0 saturated carbocycles. The molecule has 0 aliphatic carbocycles. The molecule has 7 heteroatoms. The minimum absolute atomic E-state index is 0. The lowest BCUT2D eigenvalue weighted by molar-refractivity contribution is 0.0684. The Kier molecular flexibility index (Phi) is 6.29. The Morgan fingerprint density at radius 3 is 2.46 bits per heavy atom. The predicted octanol–water partition coefficient (Wildman–Crippen LogP) is 4.69. The second-order valence-electron chi connectivity index (χ2n) is 5.69. The molecule has 0 amide bonds. The monoisotopic (exact) mass is 392 g/mol. The van der Waals surface area contributed by atoms with Crippen LogP contribution in [0.4, 0.5) is 0 Å². The molecule has 0 saturated heterocycles. The smallest absolute Gasteiger partial charge is 0.354 e. The Hall–Kier alpha value is -2.50. The first-order valence-corrected chi connectivity index (χ1v) is 8.06. The van der Waals surface area contributed by atoms with Crippen molar-refractivity contribution in [2.75, 3.05) is 7.11 Å². The Balaban J connectivity index is 0.00000243. The van der Waals surface area contributed by atoms with Crippen molar-refractivity contribution in [3.05, 3.63) is 70.4 Å². The zero-order valence-corrected chi connectivity index (χ0v) is 15.8. The number of nitrogens with zero attached hydrogens (tertiary/aromatic N) is 2. The number of hydrogen-bond acceptors (Lipinski definition) is 3. The number of aryl methyl sites for hydroxylation is 1. The minimum atomic E-state index is -1.02. The molecule has 0 unspecified atom stereocenters. The van der Waals surface area contributed by atoms with Crippen LogP contribution in [0.2, 0.25) is 5.02 Å². The van der Waals surface area contributed by atoms with Gasteiger partial charge in [0.25, 0.3) is 0 Å². The van der Waals surface area contributed by atoms with Gasteiger partial charge in [-0.2, -0.15) is 5.10 Å². The van der Waals surface area contributed by atoms with E-state index in [2.05, 4.69) is 5.10 Å². The molecule has 0 bridgehead atoms. The summed E-state index contributed by atoms with van der Waals surface area (Å²) in [6.45, 7) is 2.25. The zero-order valence-electron chi connectivity index (χ0n) is 14.3. The average Bonchev–Trinajstić information content (AvgIpc) is 3.02. The van der Waals surface area contributed by atoms with Gasteiger partial charge in [-0.1, -0.05) is 23.7 Å². The molecule has 0 spiro atoms. The van der Waals surface area contributed by atoms with E-state index >= 15 is 0 Å². The maximum atomic E-state index is 11.6. The number of rotatable bonds is 5. The van der Waals surface area contributed by atoms with E-state index < -0.39 is 5.97 Å². The summed E-state index contributed by atoms with van der Waals surface area (Å²) in [5.41, 5.74) is 3.41. The van der Waals surface area contributed by atoms with Gasteiger partial charge < -0.3 is 9.84 Å². The second kappa shape index (κ2) is 8.25. The highest BCUT2D eigenvalue weighted by molar-refractivity contribution is 6.31. The first-order valence-electron chi connectivity index (χ1n) is 7.68. The molecule has 0 fully saturated rings. The fourth-order valence-corrected chi connectivity index (χ4v) is 2.72. The van der Waals surface area contributed by atoms with E-state index in [1.807, 2.05) is 49.4 Å². The van der Waals surface area contributed by atoms with Crippen LogP contribution >= 0.6 is 24.0 Å². The zero-order chi connectivity index (χ0) is 18.0. The third kappa shape index (κ3) is 4.18. The Morgan fingerprint density at radius 1 is 1.19 bits per heavy atom. The first kappa shape index (κ1) is 19.8. The summed E-state index contributed by atoms with van der Waals surface area (Å²) in [5, 5.41) is 14.6. The highest BCUT2D eigenvalue weighted by Gasteiger charge is 2.16. The maximum Gasteiger partial charge on any atom is 0.354 e. The van der Waals surface area contributed by atoms with Gasteiger partial charge in [-0.05, 0) is 54.4 Å². The number of benzene rings is 2. The van der Waals surface area contributed by atoms with Gasteiger partial charge >= 0.3 is 5.97 Å². The predicted molar refractivity (Wildman–Crippen MR) is 104 cm³/mol. The molecular formula is C19H18Cl2N2O3. The van der Waals surface area contributed by atoms with Gasteiger partial charge in [0.15, 0.2) is 0 Å². The number of carboxylic acid groups (broad SMARTS) is 1. The second-order valence-corrected chi connectivity index (χ2v) is 6.10. The summed E-state index contributed by atoms with van der Waals surface area (Å²) in [5.74, 6) is -0.290. The van der Waals surface area contributed by atoms with Crippen LogP contribution in [0.1, 0.15) is 21.6 Å². The summed E-state index contributed by atoms with van der Waals surface area (Å²) in [4.78, 5) is 11.6. The number of halogens is 2. The molecule has 136 valence electrons. The Labute approximate surface area is 162 Å². The summed E-state index contributed by atoms with van der Waals surface area (Å²) in [6, 6.07) is 14.5. The molecule has 1 heterocycles. The van der Waals surface area contributed by atoms with Gasteiger partial charge in [0.05, 0.1) is 19.3 Å². The lowest BCUT2D eigenvalue weighted by Crippen LogP contribution is -2.10. The third-order valence-corrected chi connectivity index (χ3v) is 4.36. The Morgan fingerprint density at radius 2 is 1.88 bits per heavy atom. The number of hydrogen-bond donors (Lipinski definition) is 1. The highest BCUT2D eigenvalue weighted by atomic mass is 35.5. The van der Waals surface area contributed by atoms with Crippen molar-refractivity contribution in [1.82, 2.24) is 9.78 Å². The molecule has 3 rings (SSSR count). The van der Waals surface area contributed by atoms with Crippen molar-refractivity contribution in [2.45, 2.75) is 13.5 Å². The number of ether oxygens (including phenoxy) is 1. The summed E-state index contributed by atoms with van der Waals surface area (Å²) >= 11 is 6.15. The SMILES string of the molecule is COc1ccc(-c2cc(C(=O)O)n(Cc3ccc(C)c(Cl)c3)n2)cc1.Cl. The molecule has 5 nitrogen and oxygen atoms in total. The van der Waals surface area contributed by atoms with E-state index in [0.717, 1.165) is 22.4 Å². The fraction of sp³-hybridized carbons (Fsp3) is 0.158. The Bertz CT molecular complexity index is 921. The molecule has 1 N–H and O–H groups in total. The van der Waals surface area contributed by atoms with Crippen molar-refractivity contribution >= 4 is 30.0 Å². The minimum Gasteiger partial charge on any atom is -0.497 e. The van der Waals surface area contributed by atoms with Crippen LogP contribution in [-0.2, 0) is 6.54 Å². The molecule has 0 aliphatic heterocycles. The van der Waals surface area contributed by atoms with Gasteiger partial charge in [0.2, 0.25) is 0 Å². The van der Waals surface area contributed by atoms with E-state index in [1.54, 1.807) is 13.2 Å². The van der Waals surface area contributed by atoms with Crippen molar-refractivity contribution in [1.29, 1.82) is 0 Å². The van der Waals surface area contributed by atoms with Gasteiger partial charge in [-0.25, -0.2) is 4.79 Å². The normalized spacial score (nSPS) is 10.3. The van der Waals surface area contributed by atoms with Gasteiger partial charge in [-0.15, -0.1) is 12.4 Å². The largest absolute Gasteiger partial charge is 0.497 e. The number of methoxy groups -OCH3 is 1. The number of aromatic carboxylic acids is 1. The van der Waals surface area contributed by atoms with E-state index in [9.17, 15) is 9.90 Å². The van der Waals surface area contributed by atoms with Crippen molar-refractivity contribution in [2.24, 2.45) is 0 Å². The molecular weight excluding hydrogens is 375 g/mol. The number of aromatic nitrogens is 2. The lowest BCUT2D eigenvalue weighted by Gasteiger charge is -2.06. The number of carbonyl (C=O) groups is 1. The standard InChI is InChI=1S/C19H17ClN2O3.ClH/c1-12-3-4-13(9-16(12)20)11-22-18(19(23)24)10-17(21-22)14-5-7-15(25-2)8-6-14;/h3-10H,11H2,1-2H3,(H,23,24);1H. The molecule has 26 heavy (non-hydrogen) atoms. The van der Waals surface area contributed by atoms with Crippen LogP contribution in [0.5, 0.6) is 5.75 Å². The quantitative estimate of drug-likeness (QED) is 0.683. The highest BCUT2D eigenvalue weighted by Crippen LogP contribution is 2.23. The van der Waals surface area contributed by atoms with Crippen LogP contribution in [0.25, 0.3) is 11.3 Å². The van der Waals surface area contributed by atoms with Crippen LogP contribution in [0.3, 0.4) is 0 Å². The maximum absolute atomic E-state index is 11.6. The third-order valence-electron chi connectivity index (χ3n) is 3.95. The molecule has 2 aromatic carbocycles. The van der Waals surface area contributed by atoms with Crippen LogP contribution in [-0.4, -0.2) is 28.0 Å². The van der Waals surface area contributed by atoms with E-state index in [0.29, 0.717) is 17.3 Å². The average molecular weight is 393 g/mol. The van der Waals surface area contributed by atoms with E-state index in [-0.39, 0.29) is 18.1 Å². The summed E-state index contributed by atoms with van der Waals surface area (Å²) in [6.07, 6.45) is 0. The van der Waals surface area contributed by atoms with Crippen LogP contribution in [0.15, 0.2) is 48.5 Å². The van der Waals surface area contributed by atoms with Crippen molar-refractivity contribution in [3.63, 3.8) is 0 Å². The molecule has 0 atom stereocenters. The van der Waals surface area contributed by atoms with Crippen molar-refractivity contribution < 1.29 is 14.6 Å². The number of carboxylic acids is 1. The van der Waals surface area contributed by atoms with Crippen molar-refractivity contribution in [3.8, 4) is 17.0 Å². The van der Waals surface area contributed by atoms with Gasteiger partial charge in [-0.3, -0.25) is 4.68 Å². The fourth-order valence-electron chi connectivity index (χ4n) is 2.52. The van der Waals surface area contributed by atoms with Gasteiger partial charge in [0.1, 0.15) is 11.4 Å². The van der Waals surface area contributed by atoms with Crippen LogP contribution in [0, 0.1) is 6.92 Å². The van der Waals surface area contributed by atoms with E-state index in [4.69, 9.17) is 16.3 Å². The summed E-state index contributed by atoms with van der Waals surface area (Å²) in [7, 11) is 1.60. The first-order chi connectivity index (χ1) is 12.0. The van der Waals surface area contributed by atoms with Gasteiger partial charge in [0, 0.05) is 10.6 Å². The summed E-state index contributed by atoms with van der Waals surface area (Å²) < 4.78 is 6.61. The lowest BCUT2D eigenvalue weighted by atomic mass is 10.1. The molecule has 1 aromatic heterocycles. The topological polar surface area (TPSA) is 64.3 Å². The van der Waals surface area contributed by atoms with Crippen LogP contribution < -0.4 is 4.74 Å².